The Balaban J connectivity index is 1.67. The number of rotatable bonds is 27. The minimum Gasteiger partial charge on any atom is -0.497 e. The summed E-state index contributed by atoms with van der Waals surface area (Å²) in [6, 6.07) is -13.1. The highest BCUT2D eigenvalue weighted by Crippen LogP contribution is 2.28. The van der Waals surface area contributed by atoms with Crippen LogP contribution in [-0.2, 0) is 30.5 Å². The van der Waals surface area contributed by atoms with Gasteiger partial charge in [-0.15, -0.1) is 0 Å². The van der Waals surface area contributed by atoms with Crippen molar-refractivity contribution >= 4 is 133 Å². The molecule has 0 bridgehead atoms. The van der Waals surface area contributed by atoms with Crippen LogP contribution in [0.3, 0.4) is 0 Å². The summed E-state index contributed by atoms with van der Waals surface area (Å²) in [6.07, 6.45) is 4.48. The topological polar surface area (TPSA) is 733 Å². The molecule has 27 N–H and O–H groups in total. The maximum Gasteiger partial charge on any atom is 0.306 e. The van der Waals surface area contributed by atoms with Crippen LogP contribution in [0.25, 0.3) is 10.9 Å². The van der Waals surface area contributed by atoms with Crippen molar-refractivity contribution in [3.05, 3.63) is 90.7 Å². The number of nitrogens with zero attached hydrogens (tertiary/aromatic N) is 16. The lowest BCUT2D eigenvalue weighted by Gasteiger charge is -2.22. The minimum absolute atomic E-state index is 0.0200. The number of hydrogen-bond donors (Lipinski definition) is 26. The summed E-state index contributed by atoms with van der Waals surface area (Å²) in [5, 5.41) is 223. The van der Waals surface area contributed by atoms with Crippen molar-refractivity contribution in [1.29, 1.82) is 16.2 Å². The van der Waals surface area contributed by atoms with E-state index in [-0.39, 0.29) is 56.5 Å². The van der Waals surface area contributed by atoms with Gasteiger partial charge in [-0.2, -0.15) is 0 Å². The van der Waals surface area contributed by atoms with Crippen molar-refractivity contribution in [2.75, 3.05) is 24.6 Å². The molecule has 1 aliphatic heterocycles. The molecule has 4 aromatic heterocycles. The maximum atomic E-state index is 12.7. The number of H-pyrrole nitrogens is 4. The summed E-state index contributed by atoms with van der Waals surface area (Å²) in [5.74, 6) is -17.9. The Morgan fingerprint density at radius 1 is 0.605 bits per heavy atom. The van der Waals surface area contributed by atoms with Crippen molar-refractivity contribution in [1.82, 2.24) is 40.2 Å². The molecule has 0 fully saturated rings. The van der Waals surface area contributed by atoms with Crippen molar-refractivity contribution in [3.63, 3.8) is 0 Å². The third-order valence-corrected chi connectivity index (χ3v) is 19.5. The summed E-state index contributed by atoms with van der Waals surface area (Å²) in [4.78, 5) is 92.1. The number of benzene rings is 1. The van der Waals surface area contributed by atoms with Crippen molar-refractivity contribution in [3.8, 4) is 0 Å². The maximum absolute atomic E-state index is 12.7. The molecule has 0 spiro atoms. The van der Waals surface area contributed by atoms with E-state index in [1.165, 1.54) is 44.5 Å². The Morgan fingerprint density at radius 3 is 1.63 bits per heavy atom. The Morgan fingerprint density at radius 2 is 1.11 bits per heavy atom. The van der Waals surface area contributed by atoms with Gasteiger partial charge in [-0.3, -0.25) is 21.0 Å². The molecular weight excluding hydrogens is 1530 g/mol. The Labute approximate surface area is 660 Å². The number of carbonyl (C=O) groups is 1. The summed E-state index contributed by atoms with van der Waals surface area (Å²) in [6.45, 7) is 8.08. The highest BCUT2D eigenvalue weighted by molar-refractivity contribution is 8.76. The summed E-state index contributed by atoms with van der Waals surface area (Å²) >= 11 is 0. The molecule has 5 heterocycles. The number of carboxylic acids is 1. The van der Waals surface area contributed by atoms with E-state index in [1.807, 2.05) is 0 Å². The number of aliphatic hydroxyl groups is 16. The molecule has 14 atom stereocenters. The van der Waals surface area contributed by atoms with Crippen LogP contribution in [0.2, 0.25) is 0 Å². The third-order valence-electron chi connectivity index (χ3n) is 17.1. The van der Waals surface area contributed by atoms with Gasteiger partial charge in [-0.1, -0.05) is 73.9 Å². The van der Waals surface area contributed by atoms with Crippen LogP contribution in [0.1, 0.15) is 103 Å². The number of fused-ring (bicyclic) bond motifs is 1. The van der Waals surface area contributed by atoms with Gasteiger partial charge in [0.2, 0.25) is 76.7 Å². The second kappa shape index (κ2) is 44.8. The minimum atomic E-state index is -2.05. The van der Waals surface area contributed by atoms with E-state index in [9.17, 15) is 91.6 Å². The zero-order valence-corrected chi connectivity index (χ0v) is 64.6. The molecule has 5 aromatic rings. The normalized spacial score (nSPS) is 23.2. The molecule has 43 nitrogen and oxygen atoms in total. The number of aromatic nitrogens is 7. The number of aromatic amines is 4. The predicted octanol–water partition coefficient (Wildman–Crippen LogP) is 6.55. The smallest absolute Gasteiger partial charge is 0.306 e. The van der Waals surface area contributed by atoms with Gasteiger partial charge < -0.3 is 118 Å². The van der Waals surface area contributed by atoms with Gasteiger partial charge in [0.15, 0.2) is 23.8 Å². The second-order valence-electron chi connectivity index (χ2n) is 26.5. The van der Waals surface area contributed by atoms with Crippen LogP contribution < -0.4 is 11.1 Å². The van der Waals surface area contributed by atoms with Crippen molar-refractivity contribution < 1.29 is 91.6 Å². The fraction of sp³-hybridized carbons (Fsp3) is 0.507. The van der Waals surface area contributed by atoms with Crippen molar-refractivity contribution in [2.24, 2.45) is 82.5 Å². The molecule has 1 aliphatic rings. The van der Waals surface area contributed by atoms with Crippen LogP contribution in [-0.4, -0.2) is 325 Å². The lowest BCUT2D eigenvalue weighted by Crippen LogP contribution is -2.35. The monoisotopic (exact) mass is 1630 g/mol. The van der Waals surface area contributed by atoms with Gasteiger partial charge in [0, 0.05) is 110 Å². The fourth-order valence-corrected chi connectivity index (χ4v) is 13.2. The molecule has 0 amide bonds. The van der Waals surface area contributed by atoms with E-state index >= 15 is 0 Å². The molecule has 6 rings (SSSR count). The number of imidazole rings is 3. The van der Waals surface area contributed by atoms with E-state index in [4.69, 9.17) is 22.0 Å². The molecular formula is C69H99N25O18S2. The largest absolute Gasteiger partial charge is 0.497 e. The highest BCUT2D eigenvalue weighted by Gasteiger charge is 2.34. The van der Waals surface area contributed by atoms with Gasteiger partial charge in [0.05, 0.1) is 31.5 Å². The Hall–Kier alpha value is -12.2. The molecule has 0 radical (unpaired) electrons. The van der Waals surface area contributed by atoms with Crippen LogP contribution in [0.4, 0.5) is 0 Å². The SMILES string of the molecule is CCC(C)C(N=C(C)O)C(O)=NC1CSSCC(C(O)=NC(C(=N)O)C(C)O)N=C(O)C(CCCNC(=N)N)N=C(O)C(Cc2cnc[nH]2)N=C(O)C(Cc2cnc[nH]2)N=C(O)CN=C(O)C(Cc2c[nH]c3ccccc23)N=C(O)C(CC(=O)O)N=C(O)C(CCC(=N)O)N=C(O)C(Cc2cnc[nH]2)N=C(O)C(C(C)C)N=C1O. The second-order valence-corrected chi connectivity index (χ2v) is 29.1. The summed E-state index contributed by atoms with van der Waals surface area (Å²) in [7, 11) is 1.73. The summed E-state index contributed by atoms with van der Waals surface area (Å²) < 4.78 is 0. The van der Waals surface area contributed by atoms with Crippen LogP contribution in [0.5, 0.6) is 0 Å². The molecule has 620 valence electrons. The number of para-hydroxylation sites is 1. The fourth-order valence-electron chi connectivity index (χ4n) is 11.0. The average Bonchev–Trinajstić information content (AvgIpc) is 1.65. The van der Waals surface area contributed by atoms with Gasteiger partial charge in [0.1, 0.15) is 73.0 Å². The Kier molecular flexibility index (Phi) is 35.6. The number of nitrogens with two attached hydrogens (primary N) is 1. The molecule has 14 unspecified atom stereocenters. The van der Waals surface area contributed by atoms with E-state index in [0.717, 1.165) is 28.5 Å². The van der Waals surface area contributed by atoms with Crippen molar-refractivity contribution in [2.45, 2.75) is 184 Å². The van der Waals surface area contributed by atoms with E-state index < -0.39 is 222 Å². The van der Waals surface area contributed by atoms with Gasteiger partial charge in [0.25, 0.3) is 0 Å². The molecule has 0 saturated carbocycles. The van der Waals surface area contributed by atoms with E-state index in [1.54, 1.807) is 58.2 Å². The van der Waals surface area contributed by atoms with Gasteiger partial charge in [-0.05, 0) is 49.7 Å². The molecule has 114 heavy (non-hydrogen) atoms. The first kappa shape index (κ1) is 90.7. The number of guanidine groups is 1. The van der Waals surface area contributed by atoms with Crippen LogP contribution >= 0.6 is 21.6 Å². The quantitative estimate of drug-likeness (QED) is 0.0115. The van der Waals surface area contributed by atoms with Crippen LogP contribution in [0.15, 0.2) is 133 Å². The zero-order chi connectivity index (χ0) is 83.9. The van der Waals surface area contributed by atoms with Crippen LogP contribution in [0, 0.1) is 28.1 Å². The molecule has 45 heteroatoms. The number of carboxylic acid groups (broad SMARTS) is 1. The zero-order valence-electron chi connectivity index (χ0n) is 63.0. The van der Waals surface area contributed by atoms with Gasteiger partial charge in [-0.25, -0.2) is 79.9 Å². The molecule has 0 saturated heterocycles. The first-order chi connectivity index (χ1) is 54.1. The highest BCUT2D eigenvalue weighted by atomic mass is 33.1. The third kappa shape index (κ3) is 29.2. The number of aliphatic carboxylic acids is 1. The molecule has 0 aliphatic carbocycles. The number of nitrogens with one attached hydrogen (secondary N) is 8. The first-order valence-corrected chi connectivity index (χ1v) is 38.2. The first-order valence-electron chi connectivity index (χ1n) is 35.7. The standard InChI is InChI=1S/C69H99N25O18S2/c1-7-33(4)55(83-35(6)96)68(112)92-50-28-114-113-27-49(66(110)94-56(34(5)95)57(71)101)91-59(103)42(13-10-16-77-69(72)73)85-62(106)46(19-38-24-75-30-81-38)88-61(105)45(18-37-23-74-29-80-37)84-52(98)26-79-58(102)44(17-36-22-78-41-12-9-8-11-40(36)41)87-64(108)48(21-53(99)100)89-60(104)43(14-15-51(70)97)86-63(107)47(20-39-25-76-31-82-39)90-67(111)54(32(2)3)93-65(50)109/h8-9,11-12,22-25,29-34,42-50,54-56,78,95H,7,10,13-21,26-28H2,1-6H3,(H2,70,97)(H2,71,101)(H,74,80)(H,75,81)(H,76,82)(H,79,102)(H,83,96)(H,84,98)(H,85,106)(H,86,107)(H,87,108)(H,88,105)(H,89,104)(H,90,111)(H,91,103)(H,92,112)(H,93,109)(H,94,110)(H,99,100)(H4,72,73,77). The number of aliphatic imine (C=N–C) groups is 13. The lowest BCUT2D eigenvalue weighted by molar-refractivity contribution is -0.137. The Bertz CT molecular complexity index is 4400. The average molecular weight is 1630 g/mol. The predicted molar refractivity (Wildman–Crippen MR) is 438 cm³/mol. The number of aliphatic hydroxyl groups excluding tert-OH is 16. The lowest BCUT2D eigenvalue weighted by atomic mass is 9.99. The molecule has 1 aromatic carbocycles. The van der Waals surface area contributed by atoms with E-state index in [2.05, 4.69) is 105 Å². The summed E-state index contributed by atoms with van der Waals surface area (Å²) in [5.41, 5.74) is 7.53. The van der Waals surface area contributed by atoms with Gasteiger partial charge >= 0.3 is 5.97 Å². The number of hydrogen-bond acceptors (Lipinski definition) is 23. The van der Waals surface area contributed by atoms with E-state index in [0.29, 0.717) is 34.3 Å².